The van der Waals surface area contributed by atoms with Crippen molar-refractivity contribution in [2.45, 2.75) is 13.0 Å². The number of benzene rings is 1. The quantitative estimate of drug-likeness (QED) is 0.625. The molecule has 0 atom stereocenters. The SMILES string of the molecule is O=Cc1cc(C=CCCNC(=O)OCc2ccccc2)ncc1F. The summed E-state index contributed by atoms with van der Waals surface area (Å²) in [6.45, 7) is 0.613. The van der Waals surface area contributed by atoms with Gasteiger partial charge in [0, 0.05) is 6.54 Å². The van der Waals surface area contributed by atoms with E-state index in [1.807, 2.05) is 30.3 Å². The van der Waals surface area contributed by atoms with Crippen LogP contribution >= 0.6 is 0 Å². The molecule has 1 heterocycles. The number of amides is 1. The summed E-state index contributed by atoms with van der Waals surface area (Å²) in [4.78, 5) is 26.0. The highest BCUT2D eigenvalue weighted by Gasteiger charge is 2.02. The van der Waals surface area contributed by atoms with E-state index in [0.717, 1.165) is 11.8 Å². The standard InChI is InChI=1S/C18H17FN2O3/c19-17-11-21-16(10-15(17)12-22)8-4-5-9-20-18(23)24-13-14-6-2-1-3-7-14/h1-4,6-8,10-12H,5,9,13H2,(H,20,23). The summed E-state index contributed by atoms with van der Waals surface area (Å²) < 4.78 is 18.2. The number of carbonyl (C=O) groups excluding carboxylic acids is 2. The summed E-state index contributed by atoms with van der Waals surface area (Å²) >= 11 is 0. The number of aromatic nitrogens is 1. The highest BCUT2D eigenvalue weighted by Crippen LogP contribution is 2.07. The first-order valence-corrected chi connectivity index (χ1v) is 7.41. The highest BCUT2D eigenvalue weighted by molar-refractivity contribution is 5.76. The average molecular weight is 328 g/mol. The van der Waals surface area contributed by atoms with Gasteiger partial charge in [-0.3, -0.25) is 9.78 Å². The molecule has 124 valence electrons. The van der Waals surface area contributed by atoms with Gasteiger partial charge in [-0.2, -0.15) is 0 Å². The molecule has 0 aliphatic rings. The van der Waals surface area contributed by atoms with Crippen molar-refractivity contribution >= 4 is 18.5 Å². The van der Waals surface area contributed by atoms with Crippen molar-refractivity contribution < 1.29 is 18.7 Å². The number of aldehydes is 1. The molecule has 2 rings (SSSR count). The number of halogens is 1. The largest absolute Gasteiger partial charge is 0.445 e. The molecule has 0 bridgehead atoms. The first kappa shape index (κ1) is 17.3. The van der Waals surface area contributed by atoms with Crippen LogP contribution in [-0.2, 0) is 11.3 Å². The van der Waals surface area contributed by atoms with Gasteiger partial charge in [0.25, 0.3) is 0 Å². The molecule has 0 unspecified atom stereocenters. The summed E-state index contributed by atoms with van der Waals surface area (Å²) in [5.41, 5.74) is 1.36. The van der Waals surface area contributed by atoms with Gasteiger partial charge in [0.1, 0.15) is 6.61 Å². The third kappa shape index (κ3) is 5.64. The number of rotatable bonds is 7. The Morgan fingerprint density at radius 1 is 1.29 bits per heavy atom. The first-order valence-electron chi connectivity index (χ1n) is 7.41. The zero-order chi connectivity index (χ0) is 17.2. The fourth-order valence-electron chi connectivity index (χ4n) is 1.89. The maximum atomic E-state index is 13.1. The minimum Gasteiger partial charge on any atom is -0.445 e. The second-order valence-corrected chi connectivity index (χ2v) is 4.93. The molecule has 0 spiro atoms. The number of carbonyl (C=O) groups is 2. The topological polar surface area (TPSA) is 68.3 Å². The van der Waals surface area contributed by atoms with Crippen LogP contribution in [-0.4, -0.2) is 23.9 Å². The predicted octanol–water partition coefficient (Wildman–Crippen LogP) is 3.36. The number of pyridine rings is 1. The van der Waals surface area contributed by atoms with Crippen LogP contribution in [0.15, 0.2) is 48.7 Å². The van der Waals surface area contributed by atoms with E-state index in [4.69, 9.17) is 4.74 Å². The lowest BCUT2D eigenvalue weighted by atomic mass is 10.2. The van der Waals surface area contributed by atoms with Gasteiger partial charge in [0.15, 0.2) is 12.1 Å². The molecule has 6 heteroatoms. The van der Waals surface area contributed by atoms with E-state index in [-0.39, 0.29) is 12.2 Å². The van der Waals surface area contributed by atoms with Crippen molar-refractivity contribution in [1.29, 1.82) is 0 Å². The number of hydrogen-bond donors (Lipinski definition) is 1. The Labute approximate surface area is 139 Å². The smallest absolute Gasteiger partial charge is 0.407 e. The Hall–Kier alpha value is -3.02. The molecule has 1 aromatic carbocycles. The molecule has 1 amide bonds. The number of alkyl carbamates (subject to hydrolysis) is 1. The van der Waals surface area contributed by atoms with Gasteiger partial charge in [-0.15, -0.1) is 0 Å². The number of ether oxygens (including phenoxy) is 1. The van der Waals surface area contributed by atoms with Crippen molar-refractivity contribution in [2.24, 2.45) is 0 Å². The molecule has 0 saturated carbocycles. The lowest BCUT2D eigenvalue weighted by Crippen LogP contribution is -2.24. The van der Waals surface area contributed by atoms with Gasteiger partial charge in [-0.1, -0.05) is 36.4 Å². The van der Waals surface area contributed by atoms with Crippen molar-refractivity contribution in [2.75, 3.05) is 6.54 Å². The van der Waals surface area contributed by atoms with Gasteiger partial charge in [0.2, 0.25) is 0 Å². The van der Waals surface area contributed by atoms with E-state index in [9.17, 15) is 14.0 Å². The molecule has 2 aromatic rings. The summed E-state index contributed by atoms with van der Waals surface area (Å²) in [6, 6.07) is 10.8. The maximum absolute atomic E-state index is 13.1. The van der Waals surface area contributed by atoms with E-state index >= 15 is 0 Å². The van der Waals surface area contributed by atoms with Crippen LogP contribution in [0.1, 0.15) is 28.0 Å². The molecule has 5 nitrogen and oxygen atoms in total. The summed E-state index contributed by atoms with van der Waals surface area (Å²) in [7, 11) is 0. The minimum absolute atomic E-state index is 0.0349. The molecule has 0 aliphatic carbocycles. The Bertz CT molecular complexity index is 717. The maximum Gasteiger partial charge on any atom is 0.407 e. The molecule has 0 radical (unpaired) electrons. The molecule has 0 aliphatic heterocycles. The number of nitrogens with one attached hydrogen (secondary N) is 1. The Morgan fingerprint density at radius 3 is 2.83 bits per heavy atom. The monoisotopic (exact) mass is 328 g/mol. The van der Waals surface area contributed by atoms with Gasteiger partial charge in [-0.05, 0) is 24.1 Å². The molecule has 24 heavy (non-hydrogen) atoms. The lowest BCUT2D eigenvalue weighted by Gasteiger charge is -2.05. The van der Waals surface area contributed by atoms with Crippen LogP contribution in [0.5, 0.6) is 0 Å². The third-order valence-electron chi connectivity index (χ3n) is 3.11. The normalized spacial score (nSPS) is 10.5. The summed E-state index contributed by atoms with van der Waals surface area (Å²) in [5.74, 6) is -0.648. The first-order chi connectivity index (χ1) is 11.7. The fourth-order valence-corrected chi connectivity index (χ4v) is 1.89. The number of nitrogens with zero attached hydrogens (tertiary/aromatic N) is 1. The molecular formula is C18H17FN2O3. The Kier molecular flexibility index (Phi) is 6.64. The van der Waals surface area contributed by atoms with Crippen LogP contribution in [0, 0.1) is 5.82 Å². The highest BCUT2D eigenvalue weighted by atomic mass is 19.1. The van der Waals surface area contributed by atoms with Gasteiger partial charge < -0.3 is 10.1 Å². The third-order valence-corrected chi connectivity index (χ3v) is 3.11. The molecular weight excluding hydrogens is 311 g/mol. The van der Waals surface area contributed by atoms with Crippen LogP contribution in [0.2, 0.25) is 0 Å². The number of hydrogen-bond acceptors (Lipinski definition) is 4. The van der Waals surface area contributed by atoms with Crippen molar-refractivity contribution in [3.63, 3.8) is 0 Å². The van der Waals surface area contributed by atoms with E-state index in [2.05, 4.69) is 10.3 Å². The second-order valence-electron chi connectivity index (χ2n) is 4.93. The summed E-state index contributed by atoms with van der Waals surface area (Å²) in [5, 5.41) is 2.62. The van der Waals surface area contributed by atoms with E-state index < -0.39 is 11.9 Å². The van der Waals surface area contributed by atoms with E-state index in [1.165, 1.54) is 6.07 Å². The van der Waals surface area contributed by atoms with Crippen LogP contribution in [0.25, 0.3) is 6.08 Å². The second kappa shape index (κ2) is 9.19. The Morgan fingerprint density at radius 2 is 2.08 bits per heavy atom. The molecule has 1 N–H and O–H groups in total. The Balaban J connectivity index is 1.68. The van der Waals surface area contributed by atoms with E-state index in [1.54, 1.807) is 12.2 Å². The van der Waals surface area contributed by atoms with Crippen molar-refractivity contribution in [3.8, 4) is 0 Å². The van der Waals surface area contributed by atoms with Crippen molar-refractivity contribution in [1.82, 2.24) is 10.3 Å². The van der Waals surface area contributed by atoms with Gasteiger partial charge >= 0.3 is 6.09 Å². The summed E-state index contributed by atoms with van der Waals surface area (Å²) in [6.07, 6.45) is 4.93. The van der Waals surface area contributed by atoms with Crippen LogP contribution in [0.3, 0.4) is 0 Å². The van der Waals surface area contributed by atoms with Gasteiger partial charge in [-0.25, -0.2) is 9.18 Å². The molecule has 0 saturated heterocycles. The van der Waals surface area contributed by atoms with Crippen LogP contribution < -0.4 is 5.32 Å². The van der Waals surface area contributed by atoms with E-state index in [0.29, 0.717) is 24.9 Å². The van der Waals surface area contributed by atoms with Crippen LogP contribution in [0.4, 0.5) is 9.18 Å². The average Bonchev–Trinajstić information content (AvgIpc) is 2.62. The predicted molar refractivity (Wildman–Crippen MR) is 87.9 cm³/mol. The van der Waals surface area contributed by atoms with Crippen molar-refractivity contribution in [3.05, 3.63) is 71.3 Å². The molecule has 1 aromatic heterocycles. The zero-order valence-corrected chi connectivity index (χ0v) is 12.9. The fraction of sp³-hybridized carbons (Fsp3) is 0.167. The zero-order valence-electron chi connectivity index (χ0n) is 12.9. The lowest BCUT2D eigenvalue weighted by molar-refractivity contribution is 0.111. The van der Waals surface area contributed by atoms with Gasteiger partial charge in [0.05, 0.1) is 17.5 Å². The minimum atomic E-state index is -0.648. The molecule has 0 fully saturated rings.